The molecule has 1 aromatic carbocycles. The Kier molecular flexibility index (Phi) is 4.82. The molecule has 0 aliphatic heterocycles. The van der Waals surface area contributed by atoms with Crippen LogP contribution in [0.5, 0.6) is 0 Å². The molecule has 0 aromatic heterocycles. The van der Waals surface area contributed by atoms with Crippen molar-refractivity contribution in [2.24, 2.45) is 5.73 Å². The number of primary amides is 1. The van der Waals surface area contributed by atoms with E-state index >= 15 is 0 Å². The van der Waals surface area contributed by atoms with E-state index in [1.54, 1.807) is 6.92 Å². The minimum atomic E-state index is -0.352. The van der Waals surface area contributed by atoms with Crippen LogP contribution >= 0.6 is 0 Å². The molecular formula is C13H21N3O. The summed E-state index contributed by atoms with van der Waals surface area (Å²) in [5.74, 6) is -0.349. The van der Waals surface area contributed by atoms with E-state index < -0.39 is 0 Å². The van der Waals surface area contributed by atoms with Crippen LogP contribution in [-0.4, -0.2) is 25.0 Å². The summed E-state index contributed by atoms with van der Waals surface area (Å²) in [4.78, 5) is 13.2. The summed E-state index contributed by atoms with van der Waals surface area (Å²) < 4.78 is 0. The SMILES string of the molecule is CCN(CC)c1ccc(NC(C)C(N)=O)cc1. The van der Waals surface area contributed by atoms with Crippen molar-refractivity contribution in [1.29, 1.82) is 0 Å². The molecule has 0 fully saturated rings. The molecule has 0 saturated carbocycles. The molecule has 0 radical (unpaired) electrons. The van der Waals surface area contributed by atoms with E-state index in [1.807, 2.05) is 24.3 Å². The van der Waals surface area contributed by atoms with Crippen LogP contribution in [-0.2, 0) is 4.79 Å². The Labute approximate surface area is 103 Å². The number of nitrogens with zero attached hydrogens (tertiary/aromatic N) is 1. The molecule has 0 aliphatic rings. The number of carbonyl (C=O) groups is 1. The van der Waals surface area contributed by atoms with Gasteiger partial charge in [0.2, 0.25) is 5.91 Å². The van der Waals surface area contributed by atoms with Crippen molar-refractivity contribution in [3.8, 4) is 0 Å². The van der Waals surface area contributed by atoms with Gasteiger partial charge in [0.1, 0.15) is 6.04 Å². The molecule has 1 unspecified atom stereocenters. The van der Waals surface area contributed by atoms with E-state index in [0.29, 0.717) is 0 Å². The Bertz CT molecular complexity index is 357. The van der Waals surface area contributed by atoms with Gasteiger partial charge in [0.05, 0.1) is 0 Å². The zero-order valence-corrected chi connectivity index (χ0v) is 10.7. The van der Waals surface area contributed by atoms with E-state index in [4.69, 9.17) is 5.73 Å². The smallest absolute Gasteiger partial charge is 0.239 e. The van der Waals surface area contributed by atoms with Crippen molar-refractivity contribution >= 4 is 17.3 Å². The minimum absolute atomic E-state index is 0.349. The van der Waals surface area contributed by atoms with Crippen LogP contribution in [0.1, 0.15) is 20.8 Å². The summed E-state index contributed by atoms with van der Waals surface area (Å²) in [6.07, 6.45) is 0. The van der Waals surface area contributed by atoms with E-state index in [-0.39, 0.29) is 11.9 Å². The van der Waals surface area contributed by atoms with Gasteiger partial charge >= 0.3 is 0 Å². The Hall–Kier alpha value is -1.71. The predicted molar refractivity (Wildman–Crippen MR) is 72.3 cm³/mol. The average Bonchev–Trinajstić information content (AvgIpc) is 2.32. The molecular weight excluding hydrogens is 214 g/mol. The highest BCUT2D eigenvalue weighted by Gasteiger charge is 2.08. The van der Waals surface area contributed by atoms with Gasteiger partial charge in [0.15, 0.2) is 0 Å². The summed E-state index contributed by atoms with van der Waals surface area (Å²) in [6, 6.07) is 7.67. The van der Waals surface area contributed by atoms with Crippen molar-refractivity contribution in [2.45, 2.75) is 26.8 Å². The molecule has 0 spiro atoms. The fourth-order valence-corrected chi connectivity index (χ4v) is 1.68. The first kappa shape index (κ1) is 13.4. The number of hydrogen-bond donors (Lipinski definition) is 2. The third-order valence-electron chi connectivity index (χ3n) is 2.81. The highest BCUT2D eigenvalue weighted by atomic mass is 16.1. The normalized spacial score (nSPS) is 11.9. The predicted octanol–water partition coefficient (Wildman–Crippen LogP) is 1.82. The summed E-state index contributed by atoms with van der Waals surface area (Å²) in [6.45, 7) is 7.98. The monoisotopic (exact) mass is 235 g/mol. The van der Waals surface area contributed by atoms with Gasteiger partial charge < -0.3 is 16.0 Å². The standard InChI is InChI=1S/C13H21N3O/c1-4-16(5-2)12-8-6-11(7-9-12)15-10(3)13(14)17/h6-10,15H,4-5H2,1-3H3,(H2,14,17). The number of hydrogen-bond acceptors (Lipinski definition) is 3. The number of rotatable bonds is 6. The molecule has 94 valence electrons. The van der Waals surface area contributed by atoms with Gasteiger partial charge in [0, 0.05) is 24.5 Å². The molecule has 1 atom stereocenters. The Morgan fingerprint density at radius 1 is 1.29 bits per heavy atom. The van der Waals surface area contributed by atoms with Crippen molar-refractivity contribution < 1.29 is 4.79 Å². The van der Waals surface area contributed by atoms with E-state index in [9.17, 15) is 4.79 Å². The van der Waals surface area contributed by atoms with E-state index in [1.165, 1.54) is 5.69 Å². The second-order valence-corrected chi connectivity index (χ2v) is 3.99. The summed E-state index contributed by atoms with van der Waals surface area (Å²) in [5.41, 5.74) is 7.29. The van der Waals surface area contributed by atoms with Crippen LogP contribution in [0.4, 0.5) is 11.4 Å². The van der Waals surface area contributed by atoms with E-state index in [2.05, 4.69) is 24.1 Å². The quantitative estimate of drug-likeness (QED) is 0.790. The van der Waals surface area contributed by atoms with Crippen LogP contribution in [0.2, 0.25) is 0 Å². The van der Waals surface area contributed by atoms with Gasteiger partial charge in [-0.1, -0.05) is 0 Å². The zero-order chi connectivity index (χ0) is 12.8. The Balaban J connectivity index is 2.71. The van der Waals surface area contributed by atoms with Crippen molar-refractivity contribution in [1.82, 2.24) is 0 Å². The van der Waals surface area contributed by atoms with Crippen LogP contribution in [0, 0.1) is 0 Å². The van der Waals surface area contributed by atoms with Crippen molar-refractivity contribution in [2.75, 3.05) is 23.3 Å². The van der Waals surface area contributed by atoms with Gasteiger partial charge in [-0.25, -0.2) is 0 Å². The summed E-state index contributed by atoms with van der Waals surface area (Å²) in [7, 11) is 0. The highest BCUT2D eigenvalue weighted by Crippen LogP contribution is 2.18. The molecule has 4 nitrogen and oxygen atoms in total. The molecule has 17 heavy (non-hydrogen) atoms. The number of benzene rings is 1. The van der Waals surface area contributed by atoms with Gasteiger partial charge in [-0.15, -0.1) is 0 Å². The molecule has 0 heterocycles. The Morgan fingerprint density at radius 3 is 2.24 bits per heavy atom. The maximum atomic E-state index is 10.9. The van der Waals surface area contributed by atoms with Crippen molar-refractivity contribution in [3.05, 3.63) is 24.3 Å². The largest absolute Gasteiger partial charge is 0.374 e. The third kappa shape index (κ3) is 3.66. The lowest BCUT2D eigenvalue weighted by Gasteiger charge is -2.21. The summed E-state index contributed by atoms with van der Waals surface area (Å²) >= 11 is 0. The van der Waals surface area contributed by atoms with Crippen LogP contribution in [0.3, 0.4) is 0 Å². The third-order valence-corrected chi connectivity index (χ3v) is 2.81. The van der Waals surface area contributed by atoms with Crippen LogP contribution in [0.25, 0.3) is 0 Å². The fourth-order valence-electron chi connectivity index (χ4n) is 1.68. The number of nitrogens with one attached hydrogen (secondary N) is 1. The second kappa shape index (κ2) is 6.13. The molecule has 1 rings (SSSR count). The Morgan fingerprint density at radius 2 is 1.82 bits per heavy atom. The summed E-state index contributed by atoms with van der Waals surface area (Å²) in [5, 5.41) is 3.05. The second-order valence-electron chi connectivity index (χ2n) is 3.99. The van der Waals surface area contributed by atoms with Gasteiger partial charge in [0.25, 0.3) is 0 Å². The number of carbonyl (C=O) groups excluding carboxylic acids is 1. The molecule has 4 heteroatoms. The number of amides is 1. The lowest BCUT2D eigenvalue weighted by atomic mass is 10.2. The average molecular weight is 235 g/mol. The van der Waals surface area contributed by atoms with Gasteiger partial charge in [-0.3, -0.25) is 4.79 Å². The lowest BCUT2D eigenvalue weighted by Crippen LogP contribution is -2.32. The fraction of sp³-hybridized carbons (Fsp3) is 0.462. The minimum Gasteiger partial charge on any atom is -0.374 e. The molecule has 1 amide bonds. The molecule has 0 aliphatic carbocycles. The molecule has 1 aromatic rings. The lowest BCUT2D eigenvalue weighted by molar-refractivity contribution is -0.118. The zero-order valence-electron chi connectivity index (χ0n) is 10.7. The van der Waals surface area contributed by atoms with Gasteiger partial charge in [-0.2, -0.15) is 0 Å². The molecule has 0 bridgehead atoms. The number of anilines is 2. The maximum Gasteiger partial charge on any atom is 0.239 e. The molecule has 3 N–H and O–H groups in total. The number of nitrogens with two attached hydrogens (primary N) is 1. The van der Waals surface area contributed by atoms with Gasteiger partial charge in [-0.05, 0) is 45.0 Å². The first-order valence-corrected chi connectivity index (χ1v) is 5.99. The molecule has 0 saturated heterocycles. The topological polar surface area (TPSA) is 58.4 Å². The first-order valence-electron chi connectivity index (χ1n) is 5.99. The van der Waals surface area contributed by atoms with Crippen LogP contribution < -0.4 is 16.0 Å². The first-order chi connectivity index (χ1) is 8.08. The maximum absolute atomic E-state index is 10.9. The van der Waals surface area contributed by atoms with Crippen LogP contribution in [0.15, 0.2) is 24.3 Å². The highest BCUT2D eigenvalue weighted by molar-refractivity contribution is 5.82. The van der Waals surface area contributed by atoms with Crippen molar-refractivity contribution in [3.63, 3.8) is 0 Å². The van der Waals surface area contributed by atoms with E-state index in [0.717, 1.165) is 18.8 Å².